The van der Waals surface area contributed by atoms with E-state index in [4.69, 9.17) is 5.73 Å². The van der Waals surface area contributed by atoms with E-state index in [0.717, 1.165) is 6.26 Å². The molecule has 1 unspecified atom stereocenters. The lowest BCUT2D eigenvalue weighted by atomic mass is 10.1. The molecule has 1 aromatic rings. The molecular formula is C12H20N2O4S2. The van der Waals surface area contributed by atoms with Gasteiger partial charge in [-0.2, -0.15) is 0 Å². The number of nitrogens with two attached hydrogens (primary N) is 1. The molecule has 0 radical (unpaired) electrons. The van der Waals surface area contributed by atoms with E-state index >= 15 is 0 Å². The maximum absolute atomic E-state index is 12.3. The number of benzene rings is 1. The van der Waals surface area contributed by atoms with Crippen molar-refractivity contribution in [1.82, 2.24) is 4.72 Å². The Morgan fingerprint density at radius 3 is 2.35 bits per heavy atom. The van der Waals surface area contributed by atoms with Gasteiger partial charge < -0.3 is 5.73 Å². The van der Waals surface area contributed by atoms with Gasteiger partial charge >= 0.3 is 0 Å². The molecule has 1 rings (SSSR count). The summed E-state index contributed by atoms with van der Waals surface area (Å²) in [4.78, 5) is 0.126. The minimum absolute atomic E-state index is 0.126. The number of sulfone groups is 1. The monoisotopic (exact) mass is 320 g/mol. The zero-order valence-electron chi connectivity index (χ0n) is 11.8. The minimum Gasteiger partial charge on any atom is -0.326 e. The van der Waals surface area contributed by atoms with E-state index in [1.165, 1.54) is 13.0 Å². The normalized spacial score (nSPS) is 14.2. The maximum atomic E-state index is 12.3. The summed E-state index contributed by atoms with van der Waals surface area (Å²) in [5.41, 5.74) is 6.79. The highest BCUT2D eigenvalue weighted by molar-refractivity contribution is 7.91. The second kappa shape index (κ2) is 6.21. The fourth-order valence-corrected chi connectivity index (χ4v) is 4.51. The second-order valence-corrected chi connectivity index (χ2v) is 8.79. The fourth-order valence-electron chi connectivity index (χ4n) is 1.88. The second-order valence-electron chi connectivity index (χ2n) is 4.92. The molecule has 1 atom stereocenters. The summed E-state index contributed by atoms with van der Waals surface area (Å²) in [5, 5.41) is 0. The van der Waals surface area contributed by atoms with Crippen molar-refractivity contribution in [1.29, 1.82) is 0 Å². The molecule has 3 N–H and O–H groups in total. The third-order valence-electron chi connectivity index (χ3n) is 2.69. The van der Waals surface area contributed by atoms with Crippen LogP contribution in [0.3, 0.4) is 0 Å². The zero-order valence-corrected chi connectivity index (χ0v) is 13.4. The summed E-state index contributed by atoms with van der Waals surface area (Å²) >= 11 is 0. The van der Waals surface area contributed by atoms with Crippen LogP contribution in [0.2, 0.25) is 0 Å². The number of hydrogen-bond donors (Lipinski definition) is 2. The number of rotatable bonds is 6. The van der Waals surface area contributed by atoms with Gasteiger partial charge in [-0.05, 0) is 31.0 Å². The van der Waals surface area contributed by atoms with Crippen molar-refractivity contribution in [2.45, 2.75) is 31.3 Å². The van der Waals surface area contributed by atoms with Crippen LogP contribution in [0.4, 0.5) is 0 Å². The summed E-state index contributed by atoms with van der Waals surface area (Å²) in [7, 11) is -7.01. The Hall–Kier alpha value is -0.960. The summed E-state index contributed by atoms with van der Waals surface area (Å²) in [6.07, 6.45) is 1.07. The molecule has 0 spiro atoms. The average molecular weight is 320 g/mol. The largest absolute Gasteiger partial charge is 0.326 e. The van der Waals surface area contributed by atoms with Crippen LogP contribution in [0.25, 0.3) is 0 Å². The van der Waals surface area contributed by atoms with Gasteiger partial charge in [0.2, 0.25) is 10.0 Å². The first kappa shape index (κ1) is 17.1. The Bertz CT molecular complexity index is 681. The van der Waals surface area contributed by atoms with Gasteiger partial charge in [0.05, 0.1) is 10.6 Å². The molecule has 1 aromatic carbocycles. The molecule has 0 heterocycles. The molecule has 114 valence electrons. The molecule has 0 amide bonds. The molecule has 0 saturated carbocycles. The van der Waals surface area contributed by atoms with Crippen LogP contribution in [-0.2, 0) is 26.4 Å². The molecule has 0 aromatic heterocycles. The van der Waals surface area contributed by atoms with Crippen LogP contribution in [0, 0.1) is 6.92 Å². The third-order valence-corrected chi connectivity index (χ3v) is 5.52. The van der Waals surface area contributed by atoms with Gasteiger partial charge in [0.15, 0.2) is 0 Å². The number of nitrogens with one attached hydrogen (secondary N) is 1. The van der Waals surface area contributed by atoms with Gasteiger partial charge in [-0.15, -0.1) is 0 Å². The quantitative estimate of drug-likeness (QED) is 0.777. The van der Waals surface area contributed by atoms with Crippen molar-refractivity contribution in [3.05, 3.63) is 29.3 Å². The highest BCUT2D eigenvalue weighted by Gasteiger charge is 2.21. The van der Waals surface area contributed by atoms with Gasteiger partial charge in [-0.1, -0.05) is 12.1 Å². The first-order valence-electron chi connectivity index (χ1n) is 6.05. The van der Waals surface area contributed by atoms with E-state index in [-0.39, 0.29) is 17.2 Å². The van der Waals surface area contributed by atoms with Crippen molar-refractivity contribution in [2.75, 3.05) is 12.0 Å². The minimum atomic E-state index is -3.77. The molecule has 0 saturated heterocycles. The molecule has 0 fully saturated rings. The van der Waals surface area contributed by atoms with Gasteiger partial charge in [0.25, 0.3) is 0 Å². The van der Waals surface area contributed by atoms with E-state index in [0.29, 0.717) is 11.1 Å². The Kier molecular flexibility index (Phi) is 5.31. The SMILES string of the molecule is Cc1ccc(CN)cc1S(=O)(=O)NC(C)CS(C)(=O)=O. The summed E-state index contributed by atoms with van der Waals surface area (Å²) in [6, 6.07) is 4.24. The van der Waals surface area contributed by atoms with Crippen LogP contribution < -0.4 is 10.5 Å². The molecule has 6 nitrogen and oxygen atoms in total. The molecule has 20 heavy (non-hydrogen) atoms. The van der Waals surface area contributed by atoms with Gasteiger partial charge in [-0.3, -0.25) is 0 Å². The van der Waals surface area contributed by atoms with Crippen molar-refractivity contribution in [2.24, 2.45) is 5.73 Å². The van der Waals surface area contributed by atoms with E-state index in [2.05, 4.69) is 4.72 Å². The van der Waals surface area contributed by atoms with Crippen LogP contribution in [0.5, 0.6) is 0 Å². The standard InChI is InChI=1S/C12H20N2O4S2/c1-9-4-5-11(7-13)6-12(9)20(17,18)14-10(2)8-19(3,15)16/h4-6,10,14H,7-8,13H2,1-3H3. The van der Waals surface area contributed by atoms with Crippen LogP contribution in [-0.4, -0.2) is 34.9 Å². The summed E-state index contributed by atoms with van der Waals surface area (Å²) in [6.45, 7) is 3.43. The van der Waals surface area contributed by atoms with Crippen molar-refractivity contribution in [3.63, 3.8) is 0 Å². The number of sulfonamides is 1. The van der Waals surface area contributed by atoms with Gasteiger partial charge in [0.1, 0.15) is 9.84 Å². The zero-order chi connectivity index (χ0) is 15.6. The predicted octanol–water partition coefficient (Wildman–Crippen LogP) is 0.165. The maximum Gasteiger partial charge on any atom is 0.241 e. The topological polar surface area (TPSA) is 106 Å². The van der Waals surface area contributed by atoms with E-state index < -0.39 is 25.9 Å². The molecule has 8 heteroatoms. The Morgan fingerprint density at radius 1 is 1.25 bits per heavy atom. The Morgan fingerprint density at radius 2 is 1.85 bits per heavy atom. The van der Waals surface area contributed by atoms with Crippen molar-refractivity contribution < 1.29 is 16.8 Å². The Labute approximate surface area is 120 Å². The Balaban J connectivity index is 3.05. The van der Waals surface area contributed by atoms with E-state index in [9.17, 15) is 16.8 Å². The van der Waals surface area contributed by atoms with Gasteiger partial charge in [-0.25, -0.2) is 21.6 Å². The summed E-state index contributed by atoms with van der Waals surface area (Å²) < 4.78 is 49.3. The first-order valence-corrected chi connectivity index (χ1v) is 9.59. The fraction of sp³-hybridized carbons (Fsp3) is 0.500. The highest BCUT2D eigenvalue weighted by Crippen LogP contribution is 2.17. The van der Waals surface area contributed by atoms with E-state index in [1.807, 2.05) is 0 Å². The lowest BCUT2D eigenvalue weighted by molar-refractivity contribution is 0.564. The number of hydrogen-bond acceptors (Lipinski definition) is 5. The van der Waals surface area contributed by atoms with Crippen molar-refractivity contribution >= 4 is 19.9 Å². The molecule has 0 aliphatic heterocycles. The van der Waals surface area contributed by atoms with Crippen LogP contribution in [0.15, 0.2) is 23.1 Å². The lowest BCUT2D eigenvalue weighted by Gasteiger charge is -2.15. The summed E-state index contributed by atoms with van der Waals surface area (Å²) in [5.74, 6) is -0.248. The van der Waals surface area contributed by atoms with E-state index in [1.54, 1.807) is 19.1 Å². The lowest BCUT2D eigenvalue weighted by Crippen LogP contribution is -2.37. The predicted molar refractivity (Wildman–Crippen MR) is 78.6 cm³/mol. The molecular weight excluding hydrogens is 300 g/mol. The first-order chi connectivity index (χ1) is 9.05. The molecule has 0 bridgehead atoms. The van der Waals surface area contributed by atoms with Crippen molar-refractivity contribution in [3.8, 4) is 0 Å². The average Bonchev–Trinajstić information content (AvgIpc) is 2.25. The third kappa shape index (κ3) is 4.86. The van der Waals surface area contributed by atoms with Gasteiger partial charge in [0, 0.05) is 18.8 Å². The number of aryl methyl sites for hydroxylation is 1. The van der Waals surface area contributed by atoms with Crippen LogP contribution in [0.1, 0.15) is 18.1 Å². The smallest absolute Gasteiger partial charge is 0.241 e. The molecule has 0 aliphatic carbocycles. The molecule has 0 aliphatic rings. The highest BCUT2D eigenvalue weighted by atomic mass is 32.2. The van der Waals surface area contributed by atoms with Crippen LogP contribution >= 0.6 is 0 Å².